The molecule has 3 rings (SSSR count). The van der Waals surface area contributed by atoms with Crippen molar-refractivity contribution in [2.75, 3.05) is 0 Å². The Morgan fingerprint density at radius 1 is 0.857 bits per heavy atom. The Morgan fingerprint density at radius 2 is 1.43 bits per heavy atom. The maximum Gasteiger partial charge on any atom is 0.0755 e. The molecule has 0 unspecified atom stereocenters. The van der Waals surface area contributed by atoms with E-state index >= 15 is 0 Å². The van der Waals surface area contributed by atoms with Crippen molar-refractivity contribution in [2.45, 2.75) is 26.0 Å². The molecule has 0 saturated heterocycles. The number of aliphatic hydroxyl groups excluding tert-OH is 1. The van der Waals surface area contributed by atoms with Crippen molar-refractivity contribution < 1.29 is 5.11 Å². The van der Waals surface area contributed by atoms with Crippen LogP contribution < -0.4 is 5.73 Å². The Balaban J connectivity index is 2.30. The molecular weight excluding hydrogens is 258 g/mol. The highest BCUT2D eigenvalue weighted by Gasteiger charge is 2.22. The van der Waals surface area contributed by atoms with Gasteiger partial charge in [0.1, 0.15) is 0 Å². The first-order chi connectivity index (χ1) is 10.1. The highest BCUT2D eigenvalue weighted by molar-refractivity contribution is 6.09. The predicted octanol–water partition coefficient (Wildman–Crippen LogP) is 4.01. The lowest BCUT2D eigenvalue weighted by atomic mass is 9.88. The normalized spacial score (nSPS) is 14.7. The van der Waals surface area contributed by atoms with Gasteiger partial charge < -0.3 is 10.8 Å². The van der Waals surface area contributed by atoms with Gasteiger partial charge in [0.15, 0.2) is 0 Å². The van der Waals surface area contributed by atoms with Crippen LogP contribution in [0.4, 0.5) is 0 Å². The summed E-state index contributed by atoms with van der Waals surface area (Å²) >= 11 is 0. The molecule has 0 radical (unpaired) electrons. The van der Waals surface area contributed by atoms with E-state index < -0.39 is 6.10 Å². The summed E-state index contributed by atoms with van der Waals surface area (Å²) in [5, 5.41) is 15.1. The molecule has 21 heavy (non-hydrogen) atoms. The van der Waals surface area contributed by atoms with E-state index in [4.69, 9.17) is 5.73 Å². The van der Waals surface area contributed by atoms with E-state index in [1.54, 1.807) is 0 Å². The van der Waals surface area contributed by atoms with Crippen molar-refractivity contribution in [2.24, 2.45) is 11.7 Å². The second kappa shape index (κ2) is 5.47. The molecule has 2 nitrogen and oxygen atoms in total. The van der Waals surface area contributed by atoms with Gasteiger partial charge in [-0.3, -0.25) is 0 Å². The smallest absolute Gasteiger partial charge is 0.0755 e. The standard InChI is InChI=1S/C19H21NO/c1-12(2)19(21)18(20)17-11-13-7-3-4-8-14(13)15-9-5-6-10-16(15)17/h3-12,18-19,21H,20H2,1-2H3/t18-,19+/m1/s1. The van der Waals surface area contributed by atoms with Crippen LogP contribution in [-0.2, 0) is 0 Å². The topological polar surface area (TPSA) is 46.2 Å². The van der Waals surface area contributed by atoms with Crippen molar-refractivity contribution in [1.29, 1.82) is 0 Å². The lowest BCUT2D eigenvalue weighted by Crippen LogP contribution is -2.30. The average Bonchev–Trinajstić information content (AvgIpc) is 2.52. The zero-order chi connectivity index (χ0) is 15.0. The number of aliphatic hydroxyl groups is 1. The summed E-state index contributed by atoms with van der Waals surface area (Å²) < 4.78 is 0. The van der Waals surface area contributed by atoms with Crippen molar-refractivity contribution in [1.82, 2.24) is 0 Å². The van der Waals surface area contributed by atoms with Crippen LogP contribution in [0.25, 0.3) is 21.5 Å². The molecule has 2 atom stereocenters. The van der Waals surface area contributed by atoms with Gasteiger partial charge in [0.25, 0.3) is 0 Å². The molecule has 3 N–H and O–H groups in total. The van der Waals surface area contributed by atoms with Gasteiger partial charge in [-0.25, -0.2) is 0 Å². The molecule has 0 saturated carbocycles. The molecule has 108 valence electrons. The highest BCUT2D eigenvalue weighted by Crippen LogP contribution is 2.33. The molecule has 0 spiro atoms. The summed E-state index contributed by atoms with van der Waals surface area (Å²) in [6.45, 7) is 3.99. The van der Waals surface area contributed by atoms with E-state index in [1.165, 1.54) is 10.8 Å². The maximum atomic E-state index is 10.4. The summed E-state index contributed by atoms with van der Waals surface area (Å²) in [7, 11) is 0. The van der Waals surface area contributed by atoms with Crippen molar-refractivity contribution in [3.05, 3.63) is 60.2 Å². The van der Waals surface area contributed by atoms with E-state index in [0.717, 1.165) is 16.3 Å². The van der Waals surface area contributed by atoms with Gasteiger partial charge in [-0.05, 0) is 39.1 Å². The third-order valence-electron chi connectivity index (χ3n) is 4.21. The Morgan fingerprint density at radius 3 is 2.10 bits per heavy atom. The van der Waals surface area contributed by atoms with Gasteiger partial charge in [-0.15, -0.1) is 0 Å². The molecule has 0 aliphatic rings. The Bertz CT molecular complexity index is 779. The summed E-state index contributed by atoms with van der Waals surface area (Å²) in [6, 6.07) is 18.3. The molecular formula is C19H21NO. The second-order valence-electron chi connectivity index (χ2n) is 5.99. The van der Waals surface area contributed by atoms with E-state index in [1.807, 2.05) is 32.0 Å². The minimum Gasteiger partial charge on any atom is -0.391 e. The first kappa shape index (κ1) is 14.1. The van der Waals surface area contributed by atoms with Crippen LogP contribution >= 0.6 is 0 Å². The van der Waals surface area contributed by atoms with Gasteiger partial charge >= 0.3 is 0 Å². The minimum absolute atomic E-state index is 0.130. The van der Waals surface area contributed by atoms with Gasteiger partial charge in [0, 0.05) is 0 Å². The monoisotopic (exact) mass is 279 g/mol. The first-order valence-corrected chi connectivity index (χ1v) is 7.43. The van der Waals surface area contributed by atoms with Gasteiger partial charge in [0.05, 0.1) is 12.1 Å². The molecule has 2 heteroatoms. The molecule has 0 heterocycles. The lowest BCUT2D eigenvalue weighted by Gasteiger charge is -2.24. The third-order valence-corrected chi connectivity index (χ3v) is 4.21. The third kappa shape index (κ3) is 2.41. The number of nitrogens with two attached hydrogens (primary N) is 1. The molecule has 3 aromatic carbocycles. The number of hydrogen-bond acceptors (Lipinski definition) is 2. The van der Waals surface area contributed by atoms with E-state index in [2.05, 4.69) is 36.4 Å². The summed E-state index contributed by atoms with van der Waals surface area (Å²) in [5.74, 6) is 0.130. The van der Waals surface area contributed by atoms with Crippen LogP contribution in [0.2, 0.25) is 0 Å². The quantitative estimate of drug-likeness (QED) is 0.712. The Hall–Kier alpha value is -1.90. The van der Waals surface area contributed by atoms with Crippen LogP contribution in [0.15, 0.2) is 54.6 Å². The summed E-state index contributed by atoms with van der Waals surface area (Å²) in [6.07, 6.45) is -0.547. The van der Waals surface area contributed by atoms with Crippen LogP contribution in [0, 0.1) is 5.92 Å². The molecule has 0 aliphatic heterocycles. The Kier molecular flexibility index (Phi) is 3.66. The number of fused-ring (bicyclic) bond motifs is 3. The zero-order valence-electron chi connectivity index (χ0n) is 12.5. The molecule has 3 aromatic rings. The first-order valence-electron chi connectivity index (χ1n) is 7.43. The number of benzene rings is 3. The van der Waals surface area contributed by atoms with Crippen LogP contribution in [0.3, 0.4) is 0 Å². The SMILES string of the molecule is CC(C)[C@H](O)[C@H](N)c1cc2ccccc2c2ccccc12. The fraction of sp³-hybridized carbons (Fsp3) is 0.263. The summed E-state index contributed by atoms with van der Waals surface area (Å²) in [5.41, 5.74) is 7.37. The average molecular weight is 279 g/mol. The van der Waals surface area contributed by atoms with Gasteiger partial charge in [0.2, 0.25) is 0 Å². The summed E-state index contributed by atoms with van der Waals surface area (Å²) in [4.78, 5) is 0. The van der Waals surface area contributed by atoms with Gasteiger partial charge in [-0.1, -0.05) is 62.4 Å². The molecule has 0 amide bonds. The fourth-order valence-corrected chi connectivity index (χ4v) is 2.96. The largest absolute Gasteiger partial charge is 0.391 e. The fourth-order valence-electron chi connectivity index (χ4n) is 2.96. The van der Waals surface area contributed by atoms with E-state index in [9.17, 15) is 5.11 Å². The number of rotatable bonds is 3. The predicted molar refractivity (Wildman–Crippen MR) is 89.2 cm³/mol. The maximum absolute atomic E-state index is 10.4. The lowest BCUT2D eigenvalue weighted by molar-refractivity contribution is 0.0984. The van der Waals surface area contributed by atoms with E-state index in [-0.39, 0.29) is 12.0 Å². The Labute approximate surface area is 125 Å². The van der Waals surface area contributed by atoms with E-state index in [0.29, 0.717) is 0 Å². The molecule has 0 fully saturated rings. The molecule has 0 aliphatic carbocycles. The minimum atomic E-state index is -0.547. The zero-order valence-corrected chi connectivity index (χ0v) is 12.5. The molecule has 0 bridgehead atoms. The second-order valence-corrected chi connectivity index (χ2v) is 5.99. The van der Waals surface area contributed by atoms with Gasteiger partial charge in [-0.2, -0.15) is 0 Å². The van der Waals surface area contributed by atoms with Crippen molar-refractivity contribution >= 4 is 21.5 Å². The van der Waals surface area contributed by atoms with Crippen molar-refractivity contribution in [3.63, 3.8) is 0 Å². The number of hydrogen-bond donors (Lipinski definition) is 2. The molecule has 0 aromatic heterocycles. The highest BCUT2D eigenvalue weighted by atomic mass is 16.3. The van der Waals surface area contributed by atoms with Crippen LogP contribution in [-0.4, -0.2) is 11.2 Å². The van der Waals surface area contributed by atoms with Crippen LogP contribution in [0.5, 0.6) is 0 Å². The van der Waals surface area contributed by atoms with Crippen LogP contribution in [0.1, 0.15) is 25.5 Å². The van der Waals surface area contributed by atoms with Crippen molar-refractivity contribution in [3.8, 4) is 0 Å².